The first kappa shape index (κ1) is 13.0. The summed E-state index contributed by atoms with van der Waals surface area (Å²) in [4.78, 5) is 0. The van der Waals surface area contributed by atoms with Gasteiger partial charge in [-0.15, -0.1) is 13.2 Å². The number of hydrogen-bond donors (Lipinski definition) is 2. The van der Waals surface area contributed by atoms with Crippen molar-refractivity contribution >= 4 is 5.69 Å². The van der Waals surface area contributed by atoms with Crippen molar-refractivity contribution in [3.05, 3.63) is 24.3 Å². The monoisotopic (exact) mass is 260 g/mol. The van der Waals surface area contributed by atoms with E-state index in [0.29, 0.717) is 6.04 Å². The summed E-state index contributed by atoms with van der Waals surface area (Å²) >= 11 is 0. The average molecular weight is 260 g/mol. The topological polar surface area (TPSA) is 47.3 Å². The van der Waals surface area contributed by atoms with E-state index in [2.05, 4.69) is 10.1 Å². The zero-order chi connectivity index (χ0) is 13.2. The molecule has 0 heterocycles. The Hall–Kier alpha value is -1.43. The lowest BCUT2D eigenvalue weighted by Crippen LogP contribution is -2.20. The minimum Gasteiger partial charge on any atom is -0.406 e. The van der Waals surface area contributed by atoms with Crippen LogP contribution >= 0.6 is 0 Å². The molecule has 6 heteroatoms. The zero-order valence-electron chi connectivity index (χ0n) is 9.70. The number of benzene rings is 1. The maximum atomic E-state index is 12.0. The Bertz CT molecular complexity index is 391. The molecule has 100 valence electrons. The molecule has 0 bridgehead atoms. The molecule has 2 atom stereocenters. The van der Waals surface area contributed by atoms with Crippen LogP contribution in [0.1, 0.15) is 19.3 Å². The van der Waals surface area contributed by atoms with E-state index in [9.17, 15) is 13.2 Å². The first-order chi connectivity index (χ1) is 8.42. The summed E-state index contributed by atoms with van der Waals surface area (Å²) in [5.74, 6) is -0.212. The fraction of sp³-hybridized carbons (Fsp3) is 0.500. The van der Waals surface area contributed by atoms with Crippen LogP contribution in [0.4, 0.5) is 18.9 Å². The van der Waals surface area contributed by atoms with Gasteiger partial charge >= 0.3 is 6.36 Å². The summed E-state index contributed by atoms with van der Waals surface area (Å²) in [6, 6.07) is 6.26. The largest absolute Gasteiger partial charge is 0.573 e. The molecule has 1 saturated carbocycles. The quantitative estimate of drug-likeness (QED) is 0.878. The zero-order valence-corrected chi connectivity index (χ0v) is 9.70. The standard InChI is InChI=1S/C12H15F3N2O/c13-12(14,15)18-11-5-3-9(4-6-11)17-10-2-1-8(16)7-10/h3-6,8,10,17H,1-2,7,16H2. The van der Waals surface area contributed by atoms with Crippen LogP contribution in [0.25, 0.3) is 0 Å². The van der Waals surface area contributed by atoms with E-state index in [-0.39, 0.29) is 11.8 Å². The molecule has 18 heavy (non-hydrogen) atoms. The molecule has 1 fully saturated rings. The molecule has 0 spiro atoms. The van der Waals surface area contributed by atoms with Gasteiger partial charge in [0.05, 0.1) is 0 Å². The third kappa shape index (κ3) is 3.80. The van der Waals surface area contributed by atoms with Crippen LogP contribution in [0.15, 0.2) is 24.3 Å². The molecular weight excluding hydrogens is 245 g/mol. The summed E-state index contributed by atoms with van der Waals surface area (Å²) in [5.41, 5.74) is 6.57. The second-order valence-electron chi connectivity index (χ2n) is 4.49. The highest BCUT2D eigenvalue weighted by Crippen LogP contribution is 2.26. The van der Waals surface area contributed by atoms with Crippen molar-refractivity contribution in [3.63, 3.8) is 0 Å². The van der Waals surface area contributed by atoms with Gasteiger partial charge in [-0.1, -0.05) is 0 Å². The van der Waals surface area contributed by atoms with E-state index < -0.39 is 6.36 Å². The average Bonchev–Trinajstić information content (AvgIpc) is 2.65. The SMILES string of the molecule is NC1CCC(Nc2ccc(OC(F)(F)F)cc2)C1. The molecule has 0 amide bonds. The van der Waals surface area contributed by atoms with Crippen LogP contribution in [-0.2, 0) is 0 Å². The fourth-order valence-electron chi connectivity index (χ4n) is 2.14. The lowest BCUT2D eigenvalue weighted by atomic mass is 10.2. The number of nitrogens with one attached hydrogen (secondary N) is 1. The molecule has 1 aliphatic carbocycles. The summed E-state index contributed by atoms with van der Waals surface area (Å²) in [5, 5.41) is 3.24. The Morgan fingerprint density at radius 1 is 1.17 bits per heavy atom. The van der Waals surface area contributed by atoms with Gasteiger partial charge < -0.3 is 15.8 Å². The third-order valence-electron chi connectivity index (χ3n) is 2.93. The van der Waals surface area contributed by atoms with Crippen molar-refractivity contribution in [1.29, 1.82) is 0 Å². The van der Waals surface area contributed by atoms with Crippen LogP contribution in [0.2, 0.25) is 0 Å². The molecule has 0 aliphatic heterocycles. The molecule has 1 aliphatic rings. The Kier molecular flexibility index (Phi) is 3.65. The van der Waals surface area contributed by atoms with Gasteiger partial charge in [-0.3, -0.25) is 0 Å². The smallest absolute Gasteiger partial charge is 0.406 e. The molecule has 0 aromatic heterocycles. The molecule has 3 nitrogen and oxygen atoms in total. The molecular formula is C12H15F3N2O. The Labute approximate surface area is 103 Å². The highest BCUT2D eigenvalue weighted by molar-refractivity contribution is 5.47. The number of hydrogen-bond acceptors (Lipinski definition) is 3. The Morgan fingerprint density at radius 3 is 2.33 bits per heavy atom. The number of anilines is 1. The lowest BCUT2D eigenvalue weighted by Gasteiger charge is -2.14. The predicted octanol–water partition coefficient (Wildman–Crippen LogP) is 2.88. The van der Waals surface area contributed by atoms with Gasteiger partial charge in [0.1, 0.15) is 5.75 Å². The predicted molar refractivity (Wildman–Crippen MR) is 62.4 cm³/mol. The number of nitrogens with two attached hydrogens (primary N) is 1. The number of halogens is 3. The van der Waals surface area contributed by atoms with Crippen molar-refractivity contribution in [3.8, 4) is 5.75 Å². The van der Waals surface area contributed by atoms with E-state index in [1.54, 1.807) is 12.1 Å². The highest BCUT2D eigenvalue weighted by atomic mass is 19.4. The minimum absolute atomic E-state index is 0.212. The van der Waals surface area contributed by atoms with E-state index in [1.807, 2.05) is 0 Å². The van der Waals surface area contributed by atoms with Gasteiger partial charge in [-0.05, 0) is 43.5 Å². The van der Waals surface area contributed by atoms with Crippen molar-refractivity contribution in [2.24, 2.45) is 5.73 Å². The first-order valence-corrected chi connectivity index (χ1v) is 5.80. The number of alkyl halides is 3. The maximum absolute atomic E-state index is 12.0. The van der Waals surface area contributed by atoms with Crippen molar-refractivity contribution in [1.82, 2.24) is 0 Å². The fourth-order valence-corrected chi connectivity index (χ4v) is 2.14. The summed E-state index contributed by atoms with van der Waals surface area (Å²) in [6.45, 7) is 0. The molecule has 0 radical (unpaired) electrons. The number of rotatable bonds is 3. The van der Waals surface area contributed by atoms with E-state index in [4.69, 9.17) is 5.73 Å². The van der Waals surface area contributed by atoms with E-state index in [0.717, 1.165) is 24.9 Å². The van der Waals surface area contributed by atoms with Crippen LogP contribution in [0.3, 0.4) is 0 Å². The molecule has 2 unspecified atom stereocenters. The van der Waals surface area contributed by atoms with Gasteiger partial charge in [0.25, 0.3) is 0 Å². The molecule has 0 saturated heterocycles. The van der Waals surface area contributed by atoms with E-state index in [1.165, 1.54) is 12.1 Å². The van der Waals surface area contributed by atoms with Gasteiger partial charge in [0.15, 0.2) is 0 Å². The molecule has 1 aromatic carbocycles. The van der Waals surface area contributed by atoms with Gasteiger partial charge in [-0.2, -0.15) is 0 Å². The minimum atomic E-state index is -4.65. The van der Waals surface area contributed by atoms with Crippen LogP contribution in [0.5, 0.6) is 5.75 Å². The van der Waals surface area contributed by atoms with Crippen LogP contribution in [-0.4, -0.2) is 18.4 Å². The normalized spacial score (nSPS) is 24.0. The van der Waals surface area contributed by atoms with E-state index >= 15 is 0 Å². The van der Waals surface area contributed by atoms with Crippen LogP contribution in [0, 0.1) is 0 Å². The summed E-state index contributed by atoms with van der Waals surface area (Å²) in [7, 11) is 0. The first-order valence-electron chi connectivity index (χ1n) is 5.80. The van der Waals surface area contributed by atoms with Crippen molar-refractivity contribution in [2.75, 3.05) is 5.32 Å². The van der Waals surface area contributed by atoms with Crippen molar-refractivity contribution in [2.45, 2.75) is 37.7 Å². The Morgan fingerprint density at radius 2 is 1.83 bits per heavy atom. The lowest BCUT2D eigenvalue weighted by molar-refractivity contribution is -0.274. The second-order valence-corrected chi connectivity index (χ2v) is 4.49. The molecule has 3 N–H and O–H groups in total. The maximum Gasteiger partial charge on any atom is 0.573 e. The molecule has 1 aromatic rings. The third-order valence-corrected chi connectivity index (χ3v) is 2.93. The Balaban J connectivity index is 1.91. The summed E-state index contributed by atoms with van der Waals surface area (Å²) < 4.78 is 39.7. The summed E-state index contributed by atoms with van der Waals surface area (Å²) in [6.07, 6.45) is -1.79. The second kappa shape index (κ2) is 5.06. The molecule has 2 rings (SSSR count). The van der Waals surface area contributed by atoms with Crippen molar-refractivity contribution < 1.29 is 17.9 Å². The highest BCUT2D eigenvalue weighted by Gasteiger charge is 2.31. The van der Waals surface area contributed by atoms with Gasteiger partial charge in [0, 0.05) is 17.8 Å². The van der Waals surface area contributed by atoms with Crippen LogP contribution < -0.4 is 15.8 Å². The van der Waals surface area contributed by atoms with Gasteiger partial charge in [0.2, 0.25) is 0 Å². The van der Waals surface area contributed by atoms with Gasteiger partial charge in [-0.25, -0.2) is 0 Å². The number of ether oxygens (including phenoxy) is 1.